The summed E-state index contributed by atoms with van der Waals surface area (Å²) in [6, 6.07) is 9.94. The lowest BCUT2D eigenvalue weighted by Gasteiger charge is -2.12. The minimum Gasteiger partial charge on any atom is -0.494 e. The van der Waals surface area contributed by atoms with Crippen LogP contribution in [-0.4, -0.2) is 29.5 Å². The van der Waals surface area contributed by atoms with E-state index in [1.807, 2.05) is 6.92 Å². The number of rotatable bonds is 8. The number of esters is 1. The summed E-state index contributed by atoms with van der Waals surface area (Å²) < 4.78 is 23.7. The highest BCUT2D eigenvalue weighted by Gasteiger charge is 2.19. The summed E-state index contributed by atoms with van der Waals surface area (Å²) in [5, 5.41) is 13.1. The van der Waals surface area contributed by atoms with Crippen LogP contribution in [0.4, 0.5) is 15.8 Å². The number of amides is 1. The van der Waals surface area contributed by atoms with Crippen LogP contribution in [0.5, 0.6) is 5.75 Å². The van der Waals surface area contributed by atoms with Crippen molar-refractivity contribution in [2.24, 2.45) is 0 Å². The molecular weight excluding hydrogens is 383 g/mol. The second-order valence-electron chi connectivity index (χ2n) is 5.83. The van der Waals surface area contributed by atoms with Gasteiger partial charge in [-0.1, -0.05) is 12.1 Å². The third kappa shape index (κ3) is 6.42. The van der Waals surface area contributed by atoms with Crippen molar-refractivity contribution in [2.75, 3.05) is 11.9 Å². The molecule has 152 valence electrons. The van der Waals surface area contributed by atoms with E-state index >= 15 is 0 Å². The fourth-order valence-electron chi connectivity index (χ4n) is 2.25. The summed E-state index contributed by atoms with van der Waals surface area (Å²) in [6.45, 7) is 3.76. The average molecular weight is 402 g/mol. The Morgan fingerprint density at radius 2 is 1.93 bits per heavy atom. The van der Waals surface area contributed by atoms with E-state index < -0.39 is 34.4 Å². The van der Waals surface area contributed by atoms with Crippen molar-refractivity contribution in [1.29, 1.82) is 0 Å². The van der Waals surface area contributed by atoms with Crippen molar-refractivity contribution in [3.63, 3.8) is 0 Å². The molecule has 0 aromatic heterocycles. The number of hydrogen-bond donors (Lipinski definition) is 1. The van der Waals surface area contributed by atoms with E-state index in [4.69, 9.17) is 9.47 Å². The Kier molecular flexibility index (Phi) is 7.41. The molecule has 0 radical (unpaired) electrons. The molecule has 0 saturated carbocycles. The second kappa shape index (κ2) is 9.98. The van der Waals surface area contributed by atoms with Crippen LogP contribution in [0.15, 0.2) is 48.5 Å². The van der Waals surface area contributed by atoms with Gasteiger partial charge < -0.3 is 14.8 Å². The van der Waals surface area contributed by atoms with Crippen molar-refractivity contribution >= 4 is 29.3 Å². The zero-order chi connectivity index (χ0) is 21.4. The molecule has 1 amide bonds. The molecule has 1 atom stereocenters. The summed E-state index contributed by atoms with van der Waals surface area (Å²) in [5.41, 5.74) is -0.0252. The molecule has 9 heteroatoms. The summed E-state index contributed by atoms with van der Waals surface area (Å²) in [6.07, 6.45) is 1.52. The standard InChI is InChI=1S/C20H19FN2O6/c1-3-28-16-8-4-14(5-9-16)6-11-19(24)29-13(2)20(25)22-15-7-10-17(21)18(12-15)23(26)27/h4-13H,3H2,1-2H3,(H,22,25)/b11-6+/t13-/m1/s1. The van der Waals surface area contributed by atoms with Crippen molar-refractivity contribution in [2.45, 2.75) is 20.0 Å². The molecule has 0 aliphatic rings. The lowest BCUT2D eigenvalue weighted by molar-refractivity contribution is -0.387. The molecule has 0 aliphatic heterocycles. The van der Waals surface area contributed by atoms with E-state index in [9.17, 15) is 24.1 Å². The van der Waals surface area contributed by atoms with E-state index in [0.29, 0.717) is 12.4 Å². The summed E-state index contributed by atoms with van der Waals surface area (Å²) in [7, 11) is 0. The van der Waals surface area contributed by atoms with Gasteiger partial charge in [0.25, 0.3) is 5.91 Å². The maximum Gasteiger partial charge on any atom is 0.331 e. The number of hydrogen-bond acceptors (Lipinski definition) is 6. The van der Waals surface area contributed by atoms with Crippen LogP contribution in [0.25, 0.3) is 6.08 Å². The van der Waals surface area contributed by atoms with Gasteiger partial charge in [0, 0.05) is 17.8 Å². The highest BCUT2D eigenvalue weighted by molar-refractivity contribution is 5.96. The third-order valence-corrected chi connectivity index (χ3v) is 3.68. The number of anilines is 1. The Morgan fingerprint density at radius 3 is 2.55 bits per heavy atom. The van der Waals surface area contributed by atoms with E-state index in [2.05, 4.69) is 5.32 Å². The van der Waals surface area contributed by atoms with Crippen molar-refractivity contribution < 1.29 is 28.4 Å². The largest absolute Gasteiger partial charge is 0.494 e. The summed E-state index contributed by atoms with van der Waals surface area (Å²) >= 11 is 0. The first-order valence-electron chi connectivity index (χ1n) is 8.66. The molecule has 0 heterocycles. The van der Waals surface area contributed by atoms with Gasteiger partial charge in [0.05, 0.1) is 11.5 Å². The Bertz CT molecular complexity index is 927. The predicted octanol–water partition coefficient (Wildman–Crippen LogP) is 3.72. The monoisotopic (exact) mass is 402 g/mol. The quantitative estimate of drug-likeness (QED) is 0.312. The number of benzene rings is 2. The zero-order valence-corrected chi connectivity index (χ0v) is 15.8. The fraction of sp³-hybridized carbons (Fsp3) is 0.200. The molecule has 2 aromatic carbocycles. The topological polar surface area (TPSA) is 108 Å². The number of nitrogens with zero attached hydrogens (tertiary/aromatic N) is 1. The van der Waals surface area contributed by atoms with Crippen molar-refractivity contribution in [1.82, 2.24) is 0 Å². The smallest absolute Gasteiger partial charge is 0.331 e. The van der Waals surface area contributed by atoms with Gasteiger partial charge in [0.1, 0.15) is 5.75 Å². The average Bonchev–Trinajstić information content (AvgIpc) is 2.68. The van der Waals surface area contributed by atoms with Gasteiger partial charge in [-0.05, 0) is 49.8 Å². The van der Waals surface area contributed by atoms with Gasteiger partial charge in [-0.15, -0.1) is 0 Å². The molecule has 29 heavy (non-hydrogen) atoms. The Labute approximate surface area is 166 Å². The van der Waals surface area contributed by atoms with Gasteiger partial charge in [-0.25, -0.2) is 4.79 Å². The highest BCUT2D eigenvalue weighted by Crippen LogP contribution is 2.21. The molecular formula is C20H19FN2O6. The molecule has 0 unspecified atom stereocenters. The lowest BCUT2D eigenvalue weighted by atomic mass is 10.2. The van der Waals surface area contributed by atoms with E-state index in [0.717, 1.165) is 17.7 Å². The van der Waals surface area contributed by atoms with Gasteiger partial charge in [0.2, 0.25) is 5.82 Å². The number of nitrogens with one attached hydrogen (secondary N) is 1. The Morgan fingerprint density at radius 1 is 1.24 bits per heavy atom. The Balaban J connectivity index is 1.92. The molecule has 0 aliphatic carbocycles. The normalized spacial score (nSPS) is 11.7. The van der Waals surface area contributed by atoms with Crippen LogP contribution in [-0.2, 0) is 14.3 Å². The second-order valence-corrected chi connectivity index (χ2v) is 5.83. The summed E-state index contributed by atoms with van der Waals surface area (Å²) in [4.78, 5) is 33.8. The van der Waals surface area contributed by atoms with Crippen LogP contribution in [0.2, 0.25) is 0 Å². The van der Waals surface area contributed by atoms with Crippen LogP contribution in [0.1, 0.15) is 19.4 Å². The molecule has 8 nitrogen and oxygen atoms in total. The maximum atomic E-state index is 13.3. The van der Waals surface area contributed by atoms with Crippen LogP contribution in [0, 0.1) is 15.9 Å². The molecule has 0 bridgehead atoms. The van der Waals surface area contributed by atoms with Crippen molar-refractivity contribution in [3.05, 3.63) is 70.0 Å². The summed E-state index contributed by atoms with van der Waals surface area (Å²) in [5.74, 6) is -1.77. The number of halogens is 1. The Hall–Kier alpha value is -3.75. The van der Waals surface area contributed by atoms with E-state index in [1.54, 1.807) is 24.3 Å². The molecule has 0 saturated heterocycles. The molecule has 0 spiro atoms. The minimum absolute atomic E-state index is 0.0101. The van der Waals surface area contributed by atoms with Gasteiger partial charge in [-0.2, -0.15) is 4.39 Å². The number of ether oxygens (including phenoxy) is 2. The maximum absolute atomic E-state index is 13.3. The SMILES string of the molecule is CCOc1ccc(/C=C/C(=O)O[C@H](C)C(=O)Nc2ccc(F)c([N+](=O)[O-])c2)cc1. The van der Waals surface area contributed by atoms with Crippen LogP contribution < -0.4 is 10.1 Å². The lowest BCUT2D eigenvalue weighted by Crippen LogP contribution is -2.29. The number of carbonyl (C=O) groups is 2. The fourth-order valence-corrected chi connectivity index (χ4v) is 2.25. The van der Waals surface area contributed by atoms with E-state index in [-0.39, 0.29) is 5.69 Å². The number of nitro groups is 1. The highest BCUT2D eigenvalue weighted by atomic mass is 19.1. The van der Waals surface area contributed by atoms with E-state index in [1.165, 1.54) is 25.1 Å². The molecule has 2 aromatic rings. The predicted molar refractivity (Wildman–Crippen MR) is 104 cm³/mol. The minimum atomic E-state index is -1.17. The first kappa shape index (κ1) is 21.5. The first-order chi connectivity index (χ1) is 13.8. The van der Waals surface area contributed by atoms with Gasteiger partial charge in [0.15, 0.2) is 6.10 Å². The molecule has 2 rings (SSSR count). The molecule has 0 fully saturated rings. The third-order valence-electron chi connectivity index (χ3n) is 3.68. The van der Waals surface area contributed by atoms with Crippen LogP contribution >= 0.6 is 0 Å². The first-order valence-corrected chi connectivity index (χ1v) is 8.66. The molecule has 1 N–H and O–H groups in total. The van der Waals surface area contributed by atoms with Crippen LogP contribution in [0.3, 0.4) is 0 Å². The van der Waals surface area contributed by atoms with Gasteiger partial charge >= 0.3 is 11.7 Å². The van der Waals surface area contributed by atoms with Gasteiger partial charge in [-0.3, -0.25) is 14.9 Å². The number of nitro benzene ring substituents is 1. The number of carbonyl (C=O) groups excluding carboxylic acids is 2. The zero-order valence-electron chi connectivity index (χ0n) is 15.8. The van der Waals surface area contributed by atoms with Crippen molar-refractivity contribution in [3.8, 4) is 5.75 Å².